The van der Waals surface area contributed by atoms with Crippen LogP contribution in [0, 0.1) is 11.8 Å². The van der Waals surface area contributed by atoms with Crippen molar-refractivity contribution in [2.75, 3.05) is 26.3 Å². The van der Waals surface area contributed by atoms with Crippen molar-refractivity contribution < 1.29 is 9.84 Å². The highest BCUT2D eigenvalue weighted by Gasteiger charge is 2.32. The van der Waals surface area contributed by atoms with E-state index in [0.29, 0.717) is 12.1 Å². The van der Waals surface area contributed by atoms with Gasteiger partial charge in [0.2, 0.25) is 0 Å². The molecule has 0 aromatic rings. The first kappa shape index (κ1) is 18.2. The summed E-state index contributed by atoms with van der Waals surface area (Å²) in [5.74, 6) is 1.72. The highest BCUT2D eigenvalue weighted by molar-refractivity contribution is 4.89. The summed E-state index contributed by atoms with van der Waals surface area (Å²) < 4.78 is 5.92. The number of piperidine rings is 1. The van der Waals surface area contributed by atoms with Gasteiger partial charge >= 0.3 is 0 Å². The molecule has 4 rings (SSSR count). The Balaban J connectivity index is 1.11. The van der Waals surface area contributed by atoms with Crippen molar-refractivity contribution in [2.45, 2.75) is 94.9 Å². The van der Waals surface area contributed by atoms with Crippen LogP contribution in [-0.4, -0.2) is 60.5 Å². The minimum absolute atomic E-state index is 0.101. The van der Waals surface area contributed by atoms with Crippen LogP contribution in [0.2, 0.25) is 0 Å². The van der Waals surface area contributed by atoms with Gasteiger partial charge in [0, 0.05) is 31.3 Å². The molecule has 4 fully saturated rings. The second-order valence-corrected chi connectivity index (χ2v) is 9.24. The van der Waals surface area contributed by atoms with Gasteiger partial charge in [-0.25, -0.2) is 0 Å². The molecule has 25 heavy (non-hydrogen) atoms. The predicted molar refractivity (Wildman–Crippen MR) is 101 cm³/mol. The number of aliphatic hydroxyl groups is 1. The maximum Gasteiger partial charge on any atom is 0.0693 e. The molecule has 0 spiro atoms. The van der Waals surface area contributed by atoms with E-state index in [4.69, 9.17) is 4.74 Å². The lowest BCUT2D eigenvalue weighted by molar-refractivity contribution is 0.0496. The molecule has 3 aliphatic carbocycles. The summed E-state index contributed by atoms with van der Waals surface area (Å²) in [5.41, 5.74) is 0. The first-order chi connectivity index (χ1) is 12.3. The molecule has 0 amide bonds. The zero-order valence-corrected chi connectivity index (χ0v) is 15.9. The van der Waals surface area contributed by atoms with Gasteiger partial charge < -0.3 is 20.1 Å². The molecular formula is C21H38N2O2. The first-order valence-corrected chi connectivity index (χ1v) is 11.0. The summed E-state index contributed by atoms with van der Waals surface area (Å²) >= 11 is 0. The fraction of sp³-hybridized carbons (Fsp3) is 1.00. The molecule has 4 heteroatoms. The lowest BCUT2D eigenvalue weighted by atomic mass is 9.85. The van der Waals surface area contributed by atoms with Crippen LogP contribution < -0.4 is 5.32 Å². The fourth-order valence-electron chi connectivity index (χ4n) is 5.23. The van der Waals surface area contributed by atoms with Gasteiger partial charge in [-0.05, 0) is 95.6 Å². The number of rotatable bonds is 7. The van der Waals surface area contributed by atoms with E-state index in [9.17, 15) is 5.11 Å². The van der Waals surface area contributed by atoms with Crippen molar-refractivity contribution in [3.8, 4) is 0 Å². The number of likely N-dealkylation sites (tertiary alicyclic amines) is 1. The number of nitrogens with zero attached hydrogens (tertiary/aromatic N) is 1. The molecule has 2 atom stereocenters. The highest BCUT2D eigenvalue weighted by Crippen LogP contribution is 2.32. The van der Waals surface area contributed by atoms with Crippen molar-refractivity contribution in [2.24, 2.45) is 11.8 Å². The summed E-state index contributed by atoms with van der Waals surface area (Å²) in [6.45, 7) is 4.52. The monoisotopic (exact) mass is 350 g/mol. The third-order valence-corrected chi connectivity index (χ3v) is 7.20. The minimum atomic E-state index is -0.101. The van der Waals surface area contributed by atoms with E-state index in [-0.39, 0.29) is 6.10 Å². The van der Waals surface area contributed by atoms with Crippen molar-refractivity contribution >= 4 is 0 Å². The zero-order chi connectivity index (χ0) is 17.1. The molecule has 3 saturated carbocycles. The van der Waals surface area contributed by atoms with Gasteiger partial charge in [0.1, 0.15) is 0 Å². The van der Waals surface area contributed by atoms with Crippen LogP contribution in [0.15, 0.2) is 0 Å². The number of hydrogen-bond acceptors (Lipinski definition) is 4. The molecule has 4 aliphatic rings. The van der Waals surface area contributed by atoms with E-state index < -0.39 is 0 Å². The Labute approximate surface area is 153 Å². The summed E-state index contributed by atoms with van der Waals surface area (Å²) in [5, 5.41) is 13.8. The average molecular weight is 351 g/mol. The quantitative estimate of drug-likeness (QED) is 0.741. The maximum atomic E-state index is 10.0. The van der Waals surface area contributed by atoms with Crippen LogP contribution in [-0.2, 0) is 4.74 Å². The van der Waals surface area contributed by atoms with E-state index in [2.05, 4.69) is 10.2 Å². The molecule has 0 radical (unpaired) electrons. The van der Waals surface area contributed by atoms with Gasteiger partial charge in [0.05, 0.1) is 6.10 Å². The van der Waals surface area contributed by atoms with E-state index in [1.165, 1.54) is 70.9 Å². The third-order valence-electron chi connectivity index (χ3n) is 7.20. The second kappa shape index (κ2) is 8.69. The Hall–Kier alpha value is -0.160. The first-order valence-electron chi connectivity index (χ1n) is 11.0. The Kier molecular flexibility index (Phi) is 6.33. The number of nitrogens with one attached hydrogen (secondary N) is 1. The predicted octanol–water partition coefficient (Wildman–Crippen LogP) is 2.94. The molecule has 144 valence electrons. The summed E-state index contributed by atoms with van der Waals surface area (Å²) in [6.07, 6.45) is 14.0. The van der Waals surface area contributed by atoms with Gasteiger partial charge in [-0.1, -0.05) is 0 Å². The molecule has 1 aliphatic heterocycles. The van der Waals surface area contributed by atoms with Crippen molar-refractivity contribution in [3.63, 3.8) is 0 Å². The molecule has 4 nitrogen and oxygen atoms in total. The van der Waals surface area contributed by atoms with Crippen LogP contribution in [0.5, 0.6) is 0 Å². The average Bonchev–Trinajstić information content (AvgIpc) is 3.38. The van der Waals surface area contributed by atoms with Crippen molar-refractivity contribution in [1.29, 1.82) is 0 Å². The molecule has 1 saturated heterocycles. The molecule has 0 bridgehead atoms. The highest BCUT2D eigenvalue weighted by atomic mass is 16.5. The van der Waals surface area contributed by atoms with E-state index >= 15 is 0 Å². The Morgan fingerprint density at radius 2 is 1.44 bits per heavy atom. The van der Waals surface area contributed by atoms with Crippen molar-refractivity contribution in [3.05, 3.63) is 0 Å². The number of ether oxygens (including phenoxy) is 1. The summed E-state index contributed by atoms with van der Waals surface area (Å²) in [6, 6.07) is 1.81. The summed E-state index contributed by atoms with van der Waals surface area (Å²) in [7, 11) is 0. The largest absolute Gasteiger partial charge is 0.392 e. The molecule has 1 heterocycles. The standard InChI is InChI=1S/C21H38N2O2/c24-21-3-1-2-20(21)22-18-10-12-23(13-11-18)19-8-6-17(7-9-19)15-25-14-16-4-5-16/h16-22,24H,1-15H2/t17-,19-,20-,21-/m1/s1. The van der Waals surface area contributed by atoms with Gasteiger partial charge in [-0.2, -0.15) is 0 Å². The zero-order valence-electron chi connectivity index (χ0n) is 15.9. The van der Waals surface area contributed by atoms with Gasteiger partial charge in [-0.3, -0.25) is 0 Å². The number of aliphatic hydroxyl groups excluding tert-OH is 1. The third kappa shape index (κ3) is 5.18. The Morgan fingerprint density at radius 3 is 2.00 bits per heavy atom. The normalized spacial score (nSPS) is 38.3. The fourth-order valence-corrected chi connectivity index (χ4v) is 5.23. The lowest BCUT2D eigenvalue weighted by Gasteiger charge is -2.41. The van der Waals surface area contributed by atoms with Crippen LogP contribution in [0.4, 0.5) is 0 Å². The van der Waals surface area contributed by atoms with Gasteiger partial charge in [-0.15, -0.1) is 0 Å². The van der Waals surface area contributed by atoms with E-state index in [1.54, 1.807) is 0 Å². The molecular weight excluding hydrogens is 312 g/mol. The van der Waals surface area contributed by atoms with Crippen LogP contribution in [0.1, 0.15) is 70.6 Å². The minimum Gasteiger partial charge on any atom is -0.392 e. The van der Waals surface area contributed by atoms with Gasteiger partial charge in [0.25, 0.3) is 0 Å². The van der Waals surface area contributed by atoms with Crippen LogP contribution in [0.25, 0.3) is 0 Å². The number of hydrogen-bond donors (Lipinski definition) is 2. The van der Waals surface area contributed by atoms with Crippen molar-refractivity contribution in [1.82, 2.24) is 10.2 Å². The van der Waals surface area contributed by atoms with Crippen LogP contribution in [0.3, 0.4) is 0 Å². The molecule has 2 N–H and O–H groups in total. The van der Waals surface area contributed by atoms with Gasteiger partial charge in [0.15, 0.2) is 0 Å². The Bertz CT molecular complexity index is 399. The topological polar surface area (TPSA) is 44.7 Å². The molecule has 0 unspecified atom stereocenters. The summed E-state index contributed by atoms with van der Waals surface area (Å²) in [4.78, 5) is 2.75. The smallest absolute Gasteiger partial charge is 0.0693 e. The SMILES string of the molecule is O[C@@H]1CCC[C@H]1NC1CCN([C@H]2CC[C@H](COCC3CC3)CC2)CC1. The van der Waals surface area contributed by atoms with E-state index in [1.807, 2.05) is 0 Å². The molecule has 0 aromatic carbocycles. The maximum absolute atomic E-state index is 10.0. The lowest BCUT2D eigenvalue weighted by Crippen LogP contribution is -2.51. The van der Waals surface area contributed by atoms with E-state index in [0.717, 1.165) is 43.9 Å². The second-order valence-electron chi connectivity index (χ2n) is 9.24. The molecule has 0 aromatic heterocycles. The Morgan fingerprint density at radius 1 is 0.800 bits per heavy atom. The van der Waals surface area contributed by atoms with Crippen LogP contribution >= 0.6 is 0 Å².